The van der Waals surface area contributed by atoms with Gasteiger partial charge in [0, 0.05) is 15.5 Å². The molecule has 132 valence electrons. The van der Waals surface area contributed by atoms with Crippen LogP contribution in [0.4, 0.5) is 0 Å². The predicted octanol–water partition coefficient (Wildman–Crippen LogP) is 2.55. The van der Waals surface area contributed by atoms with Gasteiger partial charge in [-0.2, -0.15) is 0 Å². The van der Waals surface area contributed by atoms with Crippen molar-refractivity contribution in [3.8, 4) is 0 Å². The summed E-state index contributed by atoms with van der Waals surface area (Å²) in [5.74, 6) is -1.52. The molecule has 0 aliphatic heterocycles. The first-order chi connectivity index (χ1) is 12.0. The number of carbonyl (C=O) groups excluding carboxylic acids is 3. The number of hydrogen-bond donors (Lipinski definition) is 2. The minimum atomic E-state index is -0.693. The smallest absolute Gasteiger partial charge is 0.325 e. The number of rotatable bonds is 7. The Balaban J connectivity index is 1.68. The highest BCUT2D eigenvalue weighted by Gasteiger charge is 2.13. The van der Waals surface area contributed by atoms with Gasteiger partial charge in [-0.15, -0.1) is 11.3 Å². The molecule has 1 aromatic carbocycles. The van der Waals surface area contributed by atoms with Gasteiger partial charge >= 0.3 is 5.97 Å². The maximum absolute atomic E-state index is 11.8. The van der Waals surface area contributed by atoms with E-state index in [-0.39, 0.29) is 12.6 Å². The third-order valence-corrected chi connectivity index (χ3v) is 4.52. The van der Waals surface area contributed by atoms with E-state index in [1.54, 1.807) is 24.3 Å². The minimum Gasteiger partial charge on any atom is -0.454 e. The second-order valence-electron chi connectivity index (χ2n) is 5.15. The van der Waals surface area contributed by atoms with Crippen LogP contribution in [0.1, 0.15) is 28.2 Å². The first kappa shape index (κ1) is 19.0. The fourth-order valence-electron chi connectivity index (χ4n) is 1.94. The Bertz CT molecular complexity index is 732. The standard InChI is InChI=1S/C17H17ClN2O4S/c1-11(14-3-2-8-25-14)20-15(21)10-24-16(22)9-19-17(23)12-4-6-13(18)7-5-12/h2-8,11H,9-10H2,1H3,(H,19,23)(H,20,21)/t11-/m1/s1. The third-order valence-electron chi connectivity index (χ3n) is 3.21. The van der Waals surface area contributed by atoms with Crippen molar-refractivity contribution in [1.29, 1.82) is 0 Å². The van der Waals surface area contributed by atoms with Gasteiger partial charge in [0.1, 0.15) is 6.54 Å². The summed E-state index contributed by atoms with van der Waals surface area (Å²) in [7, 11) is 0. The molecule has 2 rings (SSSR count). The zero-order valence-corrected chi connectivity index (χ0v) is 15.0. The molecule has 2 aromatic rings. The fraction of sp³-hybridized carbons (Fsp3) is 0.235. The van der Waals surface area contributed by atoms with Crippen molar-refractivity contribution in [2.75, 3.05) is 13.2 Å². The highest BCUT2D eigenvalue weighted by Crippen LogP contribution is 2.17. The lowest BCUT2D eigenvalue weighted by atomic mass is 10.2. The topological polar surface area (TPSA) is 84.5 Å². The van der Waals surface area contributed by atoms with E-state index in [9.17, 15) is 14.4 Å². The summed E-state index contributed by atoms with van der Waals surface area (Å²) in [5.41, 5.74) is 0.375. The Labute approximate surface area is 154 Å². The SMILES string of the molecule is C[C@@H](NC(=O)COC(=O)CNC(=O)c1ccc(Cl)cc1)c1cccs1. The van der Waals surface area contributed by atoms with Crippen LogP contribution in [0.15, 0.2) is 41.8 Å². The molecule has 1 heterocycles. The highest BCUT2D eigenvalue weighted by molar-refractivity contribution is 7.10. The van der Waals surface area contributed by atoms with Gasteiger partial charge < -0.3 is 15.4 Å². The average molecular weight is 381 g/mol. The number of hydrogen-bond acceptors (Lipinski definition) is 5. The molecule has 0 radical (unpaired) electrons. The maximum atomic E-state index is 11.8. The van der Waals surface area contributed by atoms with Crippen molar-refractivity contribution in [2.24, 2.45) is 0 Å². The van der Waals surface area contributed by atoms with Gasteiger partial charge in [-0.05, 0) is 42.6 Å². The molecule has 0 saturated carbocycles. The monoisotopic (exact) mass is 380 g/mol. The van der Waals surface area contributed by atoms with Crippen molar-refractivity contribution in [1.82, 2.24) is 10.6 Å². The molecule has 0 spiro atoms. The summed E-state index contributed by atoms with van der Waals surface area (Å²) in [6, 6.07) is 9.89. The Morgan fingerprint density at radius 3 is 2.56 bits per heavy atom. The van der Waals surface area contributed by atoms with Gasteiger partial charge in [0.05, 0.1) is 6.04 Å². The molecule has 25 heavy (non-hydrogen) atoms. The van der Waals surface area contributed by atoms with Crippen LogP contribution >= 0.6 is 22.9 Å². The largest absolute Gasteiger partial charge is 0.454 e. The molecular weight excluding hydrogens is 364 g/mol. The summed E-state index contributed by atoms with van der Waals surface area (Å²) in [6.07, 6.45) is 0. The van der Waals surface area contributed by atoms with E-state index in [0.29, 0.717) is 10.6 Å². The Hall–Kier alpha value is -2.38. The van der Waals surface area contributed by atoms with Gasteiger partial charge in [0.25, 0.3) is 11.8 Å². The summed E-state index contributed by atoms with van der Waals surface area (Å²) in [5, 5.41) is 7.58. The summed E-state index contributed by atoms with van der Waals surface area (Å²) >= 11 is 7.27. The van der Waals surface area contributed by atoms with Gasteiger partial charge in [0.2, 0.25) is 0 Å². The van der Waals surface area contributed by atoms with Gasteiger partial charge in [-0.25, -0.2) is 0 Å². The zero-order valence-electron chi connectivity index (χ0n) is 13.5. The first-order valence-corrected chi connectivity index (χ1v) is 8.73. The number of ether oxygens (including phenoxy) is 1. The van der Waals surface area contributed by atoms with Crippen LogP contribution < -0.4 is 10.6 Å². The molecule has 1 atom stereocenters. The minimum absolute atomic E-state index is 0.157. The van der Waals surface area contributed by atoms with E-state index >= 15 is 0 Å². The van der Waals surface area contributed by atoms with E-state index in [1.165, 1.54) is 11.3 Å². The van der Waals surface area contributed by atoms with Crippen molar-refractivity contribution in [3.63, 3.8) is 0 Å². The summed E-state index contributed by atoms with van der Waals surface area (Å²) in [6.45, 7) is 1.12. The number of amides is 2. The van der Waals surface area contributed by atoms with Crippen LogP contribution in [0.25, 0.3) is 0 Å². The molecule has 0 aliphatic carbocycles. The van der Waals surface area contributed by atoms with Gasteiger partial charge in [0.15, 0.2) is 6.61 Å². The van der Waals surface area contributed by atoms with Crippen molar-refractivity contribution < 1.29 is 19.1 Å². The number of esters is 1. The van der Waals surface area contributed by atoms with Gasteiger partial charge in [-0.3, -0.25) is 14.4 Å². The fourth-order valence-corrected chi connectivity index (χ4v) is 2.81. The molecule has 0 aliphatic rings. The van der Waals surface area contributed by atoms with E-state index in [4.69, 9.17) is 16.3 Å². The molecule has 2 N–H and O–H groups in total. The van der Waals surface area contributed by atoms with E-state index < -0.39 is 24.4 Å². The number of halogens is 1. The predicted molar refractivity (Wildman–Crippen MR) is 95.6 cm³/mol. The quantitative estimate of drug-likeness (QED) is 0.723. The van der Waals surface area contributed by atoms with Gasteiger partial charge in [-0.1, -0.05) is 17.7 Å². The van der Waals surface area contributed by atoms with Crippen LogP contribution in [-0.2, 0) is 14.3 Å². The molecule has 2 amide bonds. The van der Waals surface area contributed by atoms with Crippen LogP contribution in [-0.4, -0.2) is 30.9 Å². The summed E-state index contributed by atoms with van der Waals surface area (Å²) < 4.78 is 4.84. The van der Waals surface area contributed by atoms with Crippen molar-refractivity contribution in [2.45, 2.75) is 13.0 Å². The number of thiophene rings is 1. The van der Waals surface area contributed by atoms with Crippen molar-refractivity contribution in [3.05, 3.63) is 57.2 Å². The number of nitrogens with one attached hydrogen (secondary N) is 2. The summed E-state index contributed by atoms with van der Waals surface area (Å²) in [4.78, 5) is 36.2. The first-order valence-electron chi connectivity index (χ1n) is 7.48. The molecule has 6 nitrogen and oxygen atoms in total. The van der Waals surface area contributed by atoms with E-state index in [2.05, 4.69) is 10.6 Å². The molecule has 0 fully saturated rings. The van der Waals surface area contributed by atoms with Crippen LogP contribution in [0.3, 0.4) is 0 Å². The third kappa shape index (κ3) is 6.21. The molecule has 0 saturated heterocycles. The zero-order chi connectivity index (χ0) is 18.2. The lowest BCUT2D eigenvalue weighted by Gasteiger charge is -2.12. The van der Waals surface area contributed by atoms with E-state index in [1.807, 2.05) is 24.4 Å². The second-order valence-corrected chi connectivity index (χ2v) is 6.57. The normalized spacial score (nSPS) is 11.4. The number of carbonyl (C=O) groups is 3. The Kier molecular flexibility index (Phi) is 6.97. The lowest BCUT2D eigenvalue weighted by molar-refractivity contribution is -0.147. The van der Waals surface area contributed by atoms with Crippen LogP contribution in [0, 0.1) is 0 Å². The Morgan fingerprint density at radius 2 is 1.92 bits per heavy atom. The molecular formula is C17H17ClN2O4S. The Morgan fingerprint density at radius 1 is 1.20 bits per heavy atom. The molecule has 1 aromatic heterocycles. The van der Waals surface area contributed by atoms with Crippen LogP contribution in [0.5, 0.6) is 0 Å². The molecule has 0 bridgehead atoms. The van der Waals surface area contributed by atoms with E-state index in [0.717, 1.165) is 4.88 Å². The molecule has 0 unspecified atom stereocenters. The lowest BCUT2D eigenvalue weighted by Crippen LogP contribution is -2.34. The van der Waals surface area contributed by atoms with Crippen LogP contribution in [0.2, 0.25) is 5.02 Å². The second kappa shape index (κ2) is 9.19. The average Bonchev–Trinajstić information content (AvgIpc) is 3.13. The maximum Gasteiger partial charge on any atom is 0.325 e. The van der Waals surface area contributed by atoms with Crippen molar-refractivity contribution >= 4 is 40.7 Å². The molecule has 8 heteroatoms. The number of benzene rings is 1. The highest BCUT2D eigenvalue weighted by atomic mass is 35.5.